The van der Waals surface area contributed by atoms with Crippen LogP contribution < -0.4 is 5.32 Å². The van der Waals surface area contributed by atoms with E-state index in [9.17, 15) is 4.79 Å². The Balaban J connectivity index is 2.08. The molecule has 0 aromatic carbocycles. The Morgan fingerprint density at radius 1 is 1.41 bits per heavy atom. The molecule has 1 aliphatic carbocycles. The third-order valence-electron chi connectivity index (χ3n) is 4.02. The number of hydrogen-bond acceptors (Lipinski definition) is 2. The van der Waals surface area contributed by atoms with Gasteiger partial charge < -0.3 is 4.90 Å². The minimum Gasteiger partial charge on any atom is -0.323 e. The largest absolute Gasteiger partial charge is 0.323 e. The van der Waals surface area contributed by atoms with Gasteiger partial charge in [0.2, 0.25) is 5.91 Å². The van der Waals surface area contributed by atoms with Crippen molar-refractivity contribution in [2.45, 2.75) is 77.5 Å². The molecule has 17 heavy (non-hydrogen) atoms. The maximum atomic E-state index is 12.5. The summed E-state index contributed by atoms with van der Waals surface area (Å²) in [5.41, 5.74) is -0.148. The third-order valence-corrected chi connectivity index (χ3v) is 4.02. The van der Waals surface area contributed by atoms with Gasteiger partial charge in [-0.15, -0.1) is 0 Å². The molecule has 2 unspecified atom stereocenters. The minimum absolute atomic E-state index is 0.148. The molecule has 98 valence electrons. The number of nitrogens with zero attached hydrogens (tertiary/aromatic N) is 1. The standard InChI is InChI=1S/C14H26N2O/c1-5-6-12-15-14(7-8-14)13(17)16(12)11(4)9-10(2)3/h10-12,15H,5-9H2,1-4H3. The highest BCUT2D eigenvalue weighted by molar-refractivity contribution is 5.92. The van der Waals surface area contributed by atoms with Crippen molar-refractivity contribution in [2.24, 2.45) is 5.92 Å². The highest BCUT2D eigenvalue weighted by atomic mass is 16.2. The summed E-state index contributed by atoms with van der Waals surface area (Å²) >= 11 is 0. The topological polar surface area (TPSA) is 32.3 Å². The van der Waals surface area contributed by atoms with Gasteiger partial charge in [0.25, 0.3) is 0 Å². The molecule has 2 fully saturated rings. The first kappa shape index (κ1) is 12.9. The first-order valence-electron chi connectivity index (χ1n) is 7.10. The molecule has 3 heteroatoms. The van der Waals surface area contributed by atoms with Gasteiger partial charge in [-0.2, -0.15) is 0 Å². The number of nitrogens with one attached hydrogen (secondary N) is 1. The van der Waals surface area contributed by atoms with Gasteiger partial charge in [0.15, 0.2) is 0 Å². The van der Waals surface area contributed by atoms with Crippen molar-refractivity contribution >= 4 is 5.91 Å². The van der Waals surface area contributed by atoms with Gasteiger partial charge in [-0.3, -0.25) is 10.1 Å². The van der Waals surface area contributed by atoms with Gasteiger partial charge in [0.05, 0.1) is 11.7 Å². The van der Waals surface area contributed by atoms with E-state index in [-0.39, 0.29) is 11.7 Å². The number of carbonyl (C=O) groups is 1. The van der Waals surface area contributed by atoms with E-state index in [0.717, 1.165) is 32.1 Å². The van der Waals surface area contributed by atoms with Crippen LogP contribution in [0.2, 0.25) is 0 Å². The lowest BCUT2D eigenvalue weighted by Gasteiger charge is -2.31. The van der Waals surface area contributed by atoms with E-state index in [0.29, 0.717) is 17.9 Å². The van der Waals surface area contributed by atoms with Crippen molar-refractivity contribution in [1.82, 2.24) is 10.2 Å². The SMILES string of the molecule is CCCC1NC2(CC2)C(=O)N1C(C)CC(C)C. The normalized spacial score (nSPS) is 28.2. The van der Waals surface area contributed by atoms with Crippen LogP contribution in [-0.4, -0.2) is 28.6 Å². The van der Waals surface area contributed by atoms with E-state index in [1.54, 1.807) is 0 Å². The van der Waals surface area contributed by atoms with Crippen LogP contribution in [0, 0.1) is 5.92 Å². The Bertz CT molecular complexity index is 297. The average molecular weight is 238 g/mol. The number of amides is 1. The van der Waals surface area contributed by atoms with Crippen LogP contribution in [0.25, 0.3) is 0 Å². The number of carbonyl (C=O) groups excluding carboxylic acids is 1. The number of rotatable bonds is 5. The van der Waals surface area contributed by atoms with Crippen molar-refractivity contribution in [1.29, 1.82) is 0 Å². The Morgan fingerprint density at radius 3 is 2.53 bits per heavy atom. The van der Waals surface area contributed by atoms with E-state index in [1.165, 1.54) is 0 Å². The summed E-state index contributed by atoms with van der Waals surface area (Å²) in [6, 6.07) is 0.367. The summed E-state index contributed by atoms with van der Waals surface area (Å²) in [6.07, 6.45) is 5.67. The van der Waals surface area contributed by atoms with Gasteiger partial charge in [-0.1, -0.05) is 27.2 Å². The second kappa shape index (κ2) is 4.60. The molecule has 1 saturated heterocycles. The van der Waals surface area contributed by atoms with E-state index in [2.05, 4.69) is 37.9 Å². The fraction of sp³-hybridized carbons (Fsp3) is 0.929. The number of hydrogen-bond donors (Lipinski definition) is 1. The Kier molecular flexibility index (Phi) is 3.48. The Morgan fingerprint density at radius 2 is 2.06 bits per heavy atom. The zero-order valence-corrected chi connectivity index (χ0v) is 11.6. The van der Waals surface area contributed by atoms with Crippen molar-refractivity contribution < 1.29 is 4.79 Å². The van der Waals surface area contributed by atoms with Gasteiger partial charge in [0, 0.05) is 6.04 Å². The molecule has 1 spiro atoms. The van der Waals surface area contributed by atoms with Crippen LogP contribution >= 0.6 is 0 Å². The van der Waals surface area contributed by atoms with Crippen LogP contribution in [0.3, 0.4) is 0 Å². The molecule has 0 bridgehead atoms. The first-order valence-corrected chi connectivity index (χ1v) is 7.10. The monoisotopic (exact) mass is 238 g/mol. The second-order valence-electron chi connectivity index (χ2n) is 6.22. The average Bonchev–Trinajstić information content (AvgIpc) is 2.92. The predicted molar refractivity (Wildman–Crippen MR) is 69.6 cm³/mol. The molecule has 0 aromatic rings. The molecular weight excluding hydrogens is 212 g/mol. The van der Waals surface area contributed by atoms with Crippen LogP contribution in [0.15, 0.2) is 0 Å². The fourth-order valence-electron chi connectivity index (χ4n) is 3.11. The molecule has 1 heterocycles. The fourth-order valence-corrected chi connectivity index (χ4v) is 3.11. The smallest absolute Gasteiger partial charge is 0.244 e. The molecular formula is C14H26N2O. The first-order chi connectivity index (χ1) is 8.00. The van der Waals surface area contributed by atoms with Crippen LogP contribution in [0.5, 0.6) is 0 Å². The van der Waals surface area contributed by atoms with E-state index in [4.69, 9.17) is 0 Å². The van der Waals surface area contributed by atoms with Crippen LogP contribution in [0.1, 0.15) is 59.8 Å². The van der Waals surface area contributed by atoms with Gasteiger partial charge in [0.1, 0.15) is 0 Å². The maximum absolute atomic E-state index is 12.5. The lowest BCUT2D eigenvalue weighted by Crippen LogP contribution is -2.43. The molecule has 1 aliphatic heterocycles. The van der Waals surface area contributed by atoms with Crippen LogP contribution in [-0.2, 0) is 4.79 Å². The van der Waals surface area contributed by atoms with Crippen molar-refractivity contribution in [3.63, 3.8) is 0 Å². The summed E-state index contributed by atoms with van der Waals surface area (Å²) in [6.45, 7) is 8.84. The molecule has 0 aromatic heterocycles. The summed E-state index contributed by atoms with van der Waals surface area (Å²) in [5, 5.41) is 3.57. The Hall–Kier alpha value is -0.570. The molecule has 0 radical (unpaired) electrons. The maximum Gasteiger partial charge on any atom is 0.244 e. The predicted octanol–water partition coefficient (Wildman–Crippen LogP) is 2.51. The summed E-state index contributed by atoms with van der Waals surface area (Å²) in [4.78, 5) is 14.6. The highest BCUT2D eigenvalue weighted by Crippen LogP contribution is 2.43. The quantitative estimate of drug-likeness (QED) is 0.798. The van der Waals surface area contributed by atoms with E-state index >= 15 is 0 Å². The zero-order chi connectivity index (χ0) is 12.6. The van der Waals surface area contributed by atoms with Crippen molar-refractivity contribution in [3.05, 3.63) is 0 Å². The highest BCUT2D eigenvalue weighted by Gasteiger charge is 2.59. The molecule has 2 rings (SSSR count). The van der Waals surface area contributed by atoms with E-state index < -0.39 is 0 Å². The second-order valence-corrected chi connectivity index (χ2v) is 6.22. The molecule has 2 aliphatic rings. The van der Waals surface area contributed by atoms with Crippen LogP contribution in [0.4, 0.5) is 0 Å². The van der Waals surface area contributed by atoms with E-state index in [1.807, 2.05) is 0 Å². The lowest BCUT2D eigenvalue weighted by molar-refractivity contribution is -0.133. The summed E-state index contributed by atoms with van der Waals surface area (Å²) in [7, 11) is 0. The zero-order valence-electron chi connectivity index (χ0n) is 11.6. The van der Waals surface area contributed by atoms with Crippen molar-refractivity contribution in [3.8, 4) is 0 Å². The Labute approximate surface area is 105 Å². The van der Waals surface area contributed by atoms with Gasteiger partial charge >= 0.3 is 0 Å². The minimum atomic E-state index is -0.148. The van der Waals surface area contributed by atoms with Gasteiger partial charge in [-0.25, -0.2) is 0 Å². The molecule has 1 amide bonds. The molecule has 2 atom stereocenters. The third kappa shape index (κ3) is 2.35. The van der Waals surface area contributed by atoms with Gasteiger partial charge in [-0.05, 0) is 38.5 Å². The summed E-state index contributed by atoms with van der Waals surface area (Å²) in [5.74, 6) is 1.01. The summed E-state index contributed by atoms with van der Waals surface area (Å²) < 4.78 is 0. The van der Waals surface area contributed by atoms with Crippen molar-refractivity contribution in [2.75, 3.05) is 0 Å². The molecule has 3 nitrogen and oxygen atoms in total. The molecule has 1 N–H and O–H groups in total. The molecule has 1 saturated carbocycles. The lowest BCUT2D eigenvalue weighted by atomic mass is 10.0.